The van der Waals surface area contributed by atoms with E-state index in [9.17, 15) is 4.79 Å². The Hall–Kier alpha value is -1.55. The molecule has 0 radical (unpaired) electrons. The summed E-state index contributed by atoms with van der Waals surface area (Å²) in [4.78, 5) is 16.9. The first-order valence-electron chi connectivity index (χ1n) is 9.90. The molecule has 2 saturated heterocycles. The third-order valence-electron chi connectivity index (χ3n) is 5.65. The van der Waals surface area contributed by atoms with Crippen LogP contribution in [0.4, 0.5) is 0 Å². The number of rotatable bonds is 6. The number of aryl methyl sites for hydroxylation is 1. The Balaban J connectivity index is 1.33. The summed E-state index contributed by atoms with van der Waals surface area (Å²) in [5, 5.41) is 0. The zero-order chi connectivity index (χ0) is 17.5. The minimum absolute atomic E-state index is 0.120. The van der Waals surface area contributed by atoms with Gasteiger partial charge in [-0.2, -0.15) is 0 Å². The maximum atomic E-state index is 12.3. The largest absolute Gasteiger partial charge is 0.484 e. The van der Waals surface area contributed by atoms with Crippen LogP contribution in [0.2, 0.25) is 0 Å². The van der Waals surface area contributed by atoms with Crippen molar-refractivity contribution in [3.8, 4) is 5.75 Å². The van der Waals surface area contributed by atoms with Crippen LogP contribution in [-0.4, -0.2) is 55.0 Å². The second-order valence-corrected chi connectivity index (χ2v) is 7.62. The van der Waals surface area contributed by atoms with Crippen molar-refractivity contribution in [1.29, 1.82) is 0 Å². The normalized spacial score (nSPS) is 19.8. The summed E-state index contributed by atoms with van der Waals surface area (Å²) in [6.45, 7) is 7.80. The molecule has 0 saturated carbocycles. The highest BCUT2D eigenvalue weighted by Gasteiger charge is 2.23. The summed E-state index contributed by atoms with van der Waals surface area (Å²) in [7, 11) is 0. The summed E-state index contributed by atoms with van der Waals surface area (Å²) < 4.78 is 5.63. The van der Waals surface area contributed by atoms with Crippen molar-refractivity contribution in [3.63, 3.8) is 0 Å². The lowest BCUT2D eigenvalue weighted by Crippen LogP contribution is -2.41. The standard InChI is InChI=1S/C21H32N2O2/c1-18-5-7-20(8-6-18)25-17-21(24)23-15-10-19(11-16-23)9-14-22-12-3-2-4-13-22/h5-8,19H,2-4,9-17H2,1H3. The number of carbonyl (C=O) groups excluding carboxylic acids is 1. The second-order valence-electron chi connectivity index (χ2n) is 7.62. The minimum atomic E-state index is 0.120. The minimum Gasteiger partial charge on any atom is -0.484 e. The van der Waals surface area contributed by atoms with Crippen molar-refractivity contribution in [1.82, 2.24) is 9.80 Å². The molecule has 0 unspecified atom stereocenters. The van der Waals surface area contributed by atoms with Gasteiger partial charge in [0, 0.05) is 13.1 Å². The van der Waals surface area contributed by atoms with Gasteiger partial charge in [0.2, 0.25) is 0 Å². The maximum Gasteiger partial charge on any atom is 0.260 e. The van der Waals surface area contributed by atoms with Gasteiger partial charge in [0.1, 0.15) is 5.75 Å². The molecule has 138 valence electrons. The van der Waals surface area contributed by atoms with Gasteiger partial charge in [0.05, 0.1) is 0 Å². The fourth-order valence-corrected chi connectivity index (χ4v) is 3.89. The molecule has 2 heterocycles. The SMILES string of the molecule is Cc1ccc(OCC(=O)N2CCC(CCN3CCCCC3)CC2)cc1. The second kappa shape index (κ2) is 9.23. The summed E-state index contributed by atoms with van der Waals surface area (Å²) in [5.41, 5.74) is 1.20. The van der Waals surface area contributed by atoms with E-state index < -0.39 is 0 Å². The maximum absolute atomic E-state index is 12.3. The number of hydrogen-bond donors (Lipinski definition) is 0. The first kappa shape index (κ1) is 18.2. The molecule has 1 aromatic carbocycles. The van der Waals surface area contributed by atoms with E-state index in [1.54, 1.807) is 0 Å². The van der Waals surface area contributed by atoms with Gasteiger partial charge in [0.25, 0.3) is 5.91 Å². The van der Waals surface area contributed by atoms with Crippen LogP contribution in [0.5, 0.6) is 5.75 Å². The molecule has 2 aliphatic heterocycles. The van der Waals surface area contributed by atoms with Crippen LogP contribution in [0.25, 0.3) is 0 Å². The van der Waals surface area contributed by atoms with Crippen molar-refractivity contribution in [2.45, 2.75) is 45.4 Å². The van der Waals surface area contributed by atoms with Crippen LogP contribution >= 0.6 is 0 Å². The number of amides is 1. The molecule has 4 nitrogen and oxygen atoms in total. The van der Waals surface area contributed by atoms with Gasteiger partial charge >= 0.3 is 0 Å². The molecule has 4 heteroatoms. The molecule has 0 bridgehead atoms. The van der Waals surface area contributed by atoms with Crippen molar-refractivity contribution in [2.24, 2.45) is 5.92 Å². The molecule has 0 N–H and O–H groups in total. The van der Waals surface area contributed by atoms with Crippen LogP contribution in [0.15, 0.2) is 24.3 Å². The molecule has 25 heavy (non-hydrogen) atoms. The van der Waals surface area contributed by atoms with Crippen molar-refractivity contribution >= 4 is 5.91 Å². The van der Waals surface area contributed by atoms with Crippen LogP contribution < -0.4 is 4.74 Å². The predicted octanol–water partition coefficient (Wildman–Crippen LogP) is 3.49. The lowest BCUT2D eigenvalue weighted by Gasteiger charge is -2.34. The van der Waals surface area contributed by atoms with Gasteiger partial charge in [-0.15, -0.1) is 0 Å². The average Bonchev–Trinajstić information content (AvgIpc) is 2.67. The lowest BCUT2D eigenvalue weighted by atomic mass is 9.93. The van der Waals surface area contributed by atoms with E-state index in [1.807, 2.05) is 36.1 Å². The van der Waals surface area contributed by atoms with E-state index in [0.29, 0.717) is 0 Å². The summed E-state index contributed by atoms with van der Waals surface area (Å²) in [6.07, 6.45) is 7.72. The van der Waals surface area contributed by atoms with Gasteiger partial charge in [-0.1, -0.05) is 24.1 Å². The molecular formula is C21H32N2O2. The zero-order valence-electron chi connectivity index (χ0n) is 15.6. The lowest BCUT2D eigenvalue weighted by molar-refractivity contribution is -0.134. The molecule has 0 spiro atoms. The van der Waals surface area contributed by atoms with E-state index in [0.717, 1.165) is 37.6 Å². The van der Waals surface area contributed by atoms with Crippen LogP contribution in [0, 0.1) is 12.8 Å². The summed E-state index contributed by atoms with van der Waals surface area (Å²) in [6, 6.07) is 7.87. The Bertz CT molecular complexity index is 529. The zero-order valence-corrected chi connectivity index (χ0v) is 15.6. The van der Waals surface area contributed by atoms with Crippen LogP contribution in [-0.2, 0) is 4.79 Å². The third-order valence-corrected chi connectivity index (χ3v) is 5.65. The highest BCUT2D eigenvalue weighted by molar-refractivity contribution is 5.77. The first-order chi connectivity index (χ1) is 12.2. The van der Waals surface area contributed by atoms with Gasteiger partial charge < -0.3 is 14.5 Å². The smallest absolute Gasteiger partial charge is 0.260 e. The number of piperidine rings is 2. The van der Waals surface area contributed by atoms with Gasteiger partial charge in [-0.3, -0.25) is 4.79 Å². The molecule has 3 rings (SSSR count). The molecule has 1 aromatic rings. The average molecular weight is 344 g/mol. The fourth-order valence-electron chi connectivity index (χ4n) is 3.89. The van der Waals surface area contributed by atoms with E-state index in [1.165, 1.54) is 50.9 Å². The number of carbonyl (C=O) groups is 1. The van der Waals surface area contributed by atoms with Gasteiger partial charge in [-0.25, -0.2) is 0 Å². The molecule has 0 atom stereocenters. The predicted molar refractivity (Wildman–Crippen MR) is 101 cm³/mol. The Morgan fingerprint density at radius 2 is 1.72 bits per heavy atom. The highest BCUT2D eigenvalue weighted by atomic mass is 16.5. The Kier molecular flexibility index (Phi) is 6.74. The number of nitrogens with zero attached hydrogens (tertiary/aromatic N) is 2. The molecule has 2 aliphatic rings. The molecule has 0 aliphatic carbocycles. The summed E-state index contributed by atoms with van der Waals surface area (Å²) >= 11 is 0. The fraction of sp³-hybridized carbons (Fsp3) is 0.667. The molecule has 0 aromatic heterocycles. The van der Waals surface area contributed by atoms with E-state index in [4.69, 9.17) is 4.74 Å². The van der Waals surface area contributed by atoms with E-state index >= 15 is 0 Å². The van der Waals surface area contributed by atoms with Crippen molar-refractivity contribution in [2.75, 3.05) is 39.3 Å². The molecule has 1 amide bonds. The van der Waals surface area contributed by atoms with Crippen molar-refractivity contribution < 1.29 is 9.53 Å². The Morgan fingerprint density at radius 3 is 2.40 bits per heavy atom. The Morgan fingerprint density at radius 1 is 1.04 bits per heavy atom. The number of benzene rings is 1. The van der Waals surface area contributed by atoms with Crippen molar-refractivity contribution in [3.05, 3.63) is 29.8 Å². The third kappa shape index (κ3) is 5.74. The topological polar surface area (TPSA) is 32.8 Å². The Labute approximate surface area is 152 Å². The van der Waals surface area contributed by atoms with Crippen LogP contribution in [0.3, 0.4) is 0 Å². The quantitative estimate of drug-likeness (QED) is 0.792. The van der Waals surface area contributed by atoms with E-state index in [2.05, 4.69) is 4.90 Å². The molecular weight excluding hydrogens is 312 g/mol. The summed E-state index contributed by atoms with van der Waals surface area (Å²) in [5.74, 6) is 1.68. The number of likely N-dealkylation sites (tertiary alicyclic amines) is 2. The van der Waals surface area contributed by atoms with Gasteiger partial charge in [0.15, 0.2) is 6.61 Å². The van der Waals surface area contributed by atoms with Gasteiger partial charge in [-0.05, 0) is 76.7 Å². The monoisotopic (exact) mass is 344 g/mol. The van der Waals surface area contributed by atoms with E-state index in [-0.39, 0.29) is 12.5 Å². The number of ether oxygens (including phenoxy) is 1. The molecule has 2 fully saturated rings. The first-order valence-corrected chi connectivity index (χ1v) is 9.90. The van der Waals surface area contributed by atoms with Crippen LogP contribution in [0.1, 0.15) is 44.1 Å². The number of hydrogen-bond acceptors (Lipinski definition) is 3. The highest BCUT2D eigenvalue weighted by Crippen LogP contribution is 2.22.